The van der Waals surface area contributed by atoms with E-state index in [4.69, 9.17) is 0 Å². The summed E-state index contributed by atoms with van der Waals surface area (Å²) in [5.74, 6) is 0.896. The lowest BCUT2D eigenvalue weighted by Gasteiger charge is -2.05. The average molecular weight is 204 g/mol. The van der Waals surface area contributed by atoms with Gasteiger partial charge < -0.3 is 4.74 Å². The van der Waals surface area contributed by atoms with Gasteiger partial charge in [0.2, 0.25) is 0 Å². The molecule has 0 N–H and O–H groups in total. The number of ether oxygens (including phenoxy) is 1. The minimum atomic E-state index is -2.76. The maximum atomic E-state index is 11.8. The van der Waals surface area contributed by atoms with Crippen LogP contribution in [0.2, 0.25) is 0 Å². The number of alkyl halides is 2. The van der Waals surface area contributed by atoms with Crippen LogP contribution in [0.15, 0.2) is 24.3 Å². The van der Waals surface area contributed by atoms with Crippen molar-refractivity contribution >= 4 is 12.6 Å². The van der Waals surface area contributed by atoms with E-state index in [-0.39, 0.29) is 5.75 Å². The van der Waals surface area contributed by atoms with Crippen molar-refractivity contribution in [3.63, 3.8) is 0 Å². The molecule has 0 unspecified atom stereocenters. The molecule has 0 fully saturated rings. The van der Waals surface area contributed by atoms with Gasteiger partial charge in [0.25, 0.3) is 0 Å². The van der Waals surface area contributed by atoms with Gasteiger partial charge in [0.1, 0.15) is 5.75 Å². The topological polar surface area (TPSA) is 9.23 Å². The van der Waals surface area contributed by atoms with E-state index in [0.717, 1.165) is 12.0 Å². The highest BCUT2D eigenvalue weighted by Gasteiger charge is 2.03. The standard InChI is InChI=1S/C9H10F2OS/c10-9(11)12-8-3-1-2-7(6-8)4-5-13/h1-3,6,9,13H,4-5H2. The molecule has 13 heavy (non-hydrogen) atoms. The average Bonchev–Trinajstić information content (AvgIpc) is 2.04. The van der Waals surface area contributed by atoms with E-state index >= 15 is 0 Å². The third-order valence-corrected chi connectivity index (χ3v) is 1.75. The first-order chi connectivity index (χ1) is 6.22. The first-order valence-electron chi connectivity index (χ1n) is 3.87. The summed E-state index contributed by atoms with van der Waals surface area (Å²) >= 11 is 4.05. The smallest absolute Gasteiger partial charge is 0.387 e. The highest BCUT2D eigenvalue weighted by atomic mass is 32.1. The summed E-state index contributed by atoms with van der Waals surface area (Å²) < 4.78 is 27.8. The molecular formula is C9H10F2OS. The Morgan fingerprint density at radius 1 is 1.38 bits per heavy atom. The quantitative estimate of drug-likeness (QED) is 0.742. The van der Waals surface area contributed by atoms with Crippen LogP contribution >= 0.6 is 12.6 Å². The first-order valence-corrected chi connectivity index (χ1v) is 4.50. The van der Waals surface area contributed by atoms with E-state index in [2.05, 4.69) is 17.4 Å². The third-order valence-electron chi connectivity index (χ3n) is 1.52. The largest absolute Gasteiger partial charge is 0.435 e. The van der Waals surface area contributed by atoms with Gasteiger partial charge in [0.05, 0.1) is 0 Å². The predicted molar refractivity (Wildman–Crippen MR) is 50.6 cm³/mol. The minimum Gasteiger partial charge on any atom is -0.435 e. The molecule has 1 nitrogen and oxygen atoms in total. The van der Waals surface area contributed by atoms with Crippen LogP contribution in [-0.2, 0) is 6.42 Å². The summed E-state index contributed by atoms with van der Waals surface area (Å²) in [5, 5.41) is 0. The molecule has 0 aliphatic heterocycles. The van der Waals surface area contributed by atoms with Crippen molar-refractivity contribution in [3.8, 4) is 5.75 Å². The van der Waals surface area contributed by atoms with E-state index in [9.17, 15) is 8.78 Å². The van der Waals surface area contributed by atoms with Gasteiger partial charge in [0, 0.05) is 0 Å². The Balaban J connectivity index is 2.67. The van der Waals surface area contributed by atoms with Gasteiger partial charge in [-0.1, -0.05) is 12.1 Å². The van der Waals surface area contributed by atoms with E-state index in [1.54, 1.807) is 12.1 Å². The summed E-state index contributed by atoms with van der Waals surface area (Å²) in [5.41, 5.74) is 0.952. The van der Waals surface area contributed by atoms with Gasteiger partial charge in [-0.2, -0.15) is 21.4 Å². The van der Waals surface area contributed by atoms with Crippen LogP contribution in [0.5, 0.6) is 5.75 Å². The lowest BCUT2D eigenvalue weighted by atomic mass is 10.2. The normalized spacial score (nSPS) is 10.5. The molecule has 0 atom stereocenters. The third kappa shape index (κ3) is 3.63. The number of hydrogen-bond acceptors (Lipinski definition) is 2. The molecule has 0 amide bonds. The molecule has 0 bridgehead atoms. The van der Waals surface area contributed by atoms with Gasteiger partial charge in [-0.05, 0) is 29.9 Å². The Hall–Kier alpha value is -0.770. The molecule has 0 aromatic heterocycles. The van der Waals surface area contributed by atoms with E-state index in [1.807, 2.05) is 6.07 Å². The summed E-state index contributed by atoms with van der Waals surface area (Å²) in [6.45, 7) is -2.76. The maximum absolute atomic E-state index is 11.8. The Labute approximate surface area is 81.1 Å². The van der Waals surface area contributed by atoms with Crippen molar-refractivity contribution in [1.29, 1.82) is 0 Å². The second-order valence-electron chi connectivity index (χ2n) is 2.50. The fraction of sp³-hybridized carbons (Fsp3) is 0.333. The van der Waals surface area contributed by atoms with E-state index in [1.165, 1.54) is 6.07 Å². The first kappa shape index (κ1) is 10.3. The Bertz CT molecular complexity index is 266. The molecule has 0 saturated heterocycles. The van der Waals surface area contributed by atoms with Crippen LogP contribution in [0.3, 0.4) is 0 Å². The van der Waals surface area contributed by atoms with Crippen molar-refractivity contribution in [3.05, 3.63) is 29.8 Å². The zero-order chi connectivity index (χ0) is 9.68. The van der Waals surface area contributed by atoms with Gasteiger partial charge >= 0.3 is 6.61 Å². The SMILES string of the molecule is FC(F)Oc1cccc(CCS)c1. The molecule has 0 aliphatic rings. The van der Waals surface area contributed by atoms with Crippen LogP contribution in [-0.4, -0.2) is 12.4 Å². The van der Waals surface area contributed by atoms with Crippen LogP contribution in [0.25, 0.3) is 0 Å². The van der Waals surface area contributed by atoms with Crippen molar-refractivity contribution in [2.24, 2.45) is 0 Å². The van der Waals surface area contributed by atoms with Crippen molar-refractivity contribution in [2.45, 2.75) is 13.0 Å². The maximum Gasteiger partial charge on any atom is 0.387 e. The number of rotatable bonds is 4. The summed E-state index contributed by atoms with van der Waals surface area (Å²) in [7, 11) is 0. The lowest BCUT2D eigenvalue weighted by Crippen LogP contribution is -2.02. The highest BCUT2D eigenvalue weighted by Crippen LogP contribution is 2.16. The van der Waals surface area contributed by atoms with Gasteiger partial charge in [-0.3, -0.25) is 0 Å². The Morgan fingerprint density at radius 3 is 2.77 bits per heavy atom. The van der Waals surface area contributed by atoms with Crippen LogP contribution in [0.4, 0.5) is 8.78 Å². The van der Waals surface area contributed by atoms with Gasteiger partial charge in [-0.15, -0.1) is 0 Å². The molecule has 72 valence electrons. The van der Waals surface area contributed by atoms with Crippen LogP contribution in [0, 0.1) is 0 Å². The molecule has 4 heteroatoms. The van der Waals surface area contributed by atoms with E-state index < -0.39 is 6.61 Å². The minimum absolute atomic E-state index is 0.203. The zero-order valence-corrected chi connectivity index (χ0v) is 7.81. The van der Waals surface area contributed by atoms with Gasteiger partial charge in [-0.25, -0.2) is 0 Å². The lowest BCUT2D eigenvalue weighted by molar-refractivity contribution is -0.0498. The molecule has 0 radical (unpaired) electrons. The van der Waals surface area contributed by atoms with Gasteiger partial charge in [0.15, 0.2) is 0 Å². The highest BCUT2D eigenvalue weighted by molar-refractivity contribution is 7.80. The molecular weight excluding hydrogens is 194 g/mol. The molecule has 0 aliphatic carbocycles. The summed E-state index contributed by atoms with van der Waals surface area (Å²) in [6, 6.07) is 6.65. The molecule has 0 saturated carbocycles. The molecule has 0 spiro atoms. The van der Waals surface area contributed by atoms with Crippen molar-refractivity contribution in [1.82, 2.24) is 0 Å². The Kier molecular flexibility index (Phi) is 4.02. The van der Waals surface area contributed by atoms with Crippen LogP contribution in [0.1, 0.15) is 5.56 Å². The number of halogens is 2. The fourth-order valence-corrected chi connectivity index (χ4v) is 1.26. The van der Waals surface area contributed by atoms with Crippen molar-refractivity contribution < 1.29 is 13.5 Å². The summed E-state index contributed by atoms with van der Waals surface area (Å²) in [4.78, 5) is 0. The monoisotopic (exact) mass is 204 g/mol. The number of hydrogen-bond donors (Lipinski definition) is 1. The second-order valence-corrected chi connectivity index (χ2v) is 2.95. The Morgan fingerprint density at radius 2 is 2.15 bits per heavy atom. The predicted octanol–water partition coefficient (Wildman–Crippen LogP) is 2.76. The second kappa shape index (κ2) is 5.07. The zero-order valence-electron chi connectivity index (χ0n) is 6.91. The molecule has 1 rings (SSSR count). The van der Waals surface area contributed by atoms with E-state index in [0.29, 0.717) is 5.75 Å². The molecule has 1 aromatic rings. The summed E-state index contributed by atoms with van der Waals surface area (Å²) in [6.07, 6.45) is 0.754. The molecule has 1 aromatic carbocycles. The number of aryl methyl sites for hydroxylation is 1. The van der Waals surface area contributed by atoms with Crippen LogP contribution < -0.4 is 4.74 Å². The number of thiol groups is 1. The number of benzene rings is 1. The van der Waals surface area contributed by atoms with Crippen molar-refractivity contribution in [2.75, 3.05) is 5.75 Å². The fourth-order valence-electron chi connectivity index (χ4n) is 1.01. The molecule has 0 heterocycles.